The molecule has 2 rings (SSSR count). The smallest absolute Gasteiger partial charge is 0.163 e. The van der Waals surface area contributed by atoms with E-state index in [1.807, 2.05) is 0 Å². The van der Waals surface area contributed by atoms with Gasteiger partial charge < -0.3 is 5.73 Å². The highest BCUT2D eigenvalue weighted by molar-refractivity contribution is 6.62. The fraction of sp³-hybridized carbons (Fsp3) is 0.619. The van der Waals surface area contributed by atoms with E-state index < -0.39 is 0 Å². The molecule has 0 spiro atoms. The molecular weight excluding hydrogens is 288 g/mol. The third kappa shape index (κ3) is 4.70. The lowest BCUT2D eigenvalue weighted by atomic mass is 9.50. The van der Waals surface area contributed by atoms with Gasteiger partial charge >= 0.3 is 0 Å². The molecule has 24 heavy (non-hydrogen) atoms. The molecule has 2 aliphatic rings. The van der Waals surface area contributed by atoms with E-state index in [9.17, 15) is 0 Å². The van der Waals surface area contributed by atoms with Crippen LogP contribution in [-0.2, 0) is 0 Å². The zero-order valence-electron chi connectivity index (χ0n) is 15.9. The Bertz CT molecular complexity index is 567. The van der Waals surface area contributed by atoms with Crippen LogP contribution in [0.15, 0.2) is 34.8 Å². The summed E-state index contributed by atoms with van der Waals surface area (Å²) < 4.78 is 0. The number of hydrogen-bond acceptors (Lipinski definition) is 1. The van der Waals surface area contributed by atoms with Gasteiger partial charge in [-0.05, 0) is 31.6 Å². The number of hydrogen-bond donors (Lipinski definition) is 1. The van der Waals surface area contributed by atoms with Crippen molar-refractivity contribution in [1.82, 2.24) is 0 Å². The van der Waals surface area contributed by atoms with Crippen LogP contribution in [0, 0.1) is 30.1 Å². The van der Waals surface area contributed by atoms with Gasteiger partial charge in [0.05, 0.1) is 0 Å². The van der Waals surface area contributed by atoms with Gasteiger partial charge in [0, 0.05) is 12.0 Å². The normalized spacial score (nSPS) is 28.5. The third-order valence-corrected chi connectivity index (χ3v) is 5.97. The van der Waals surface area contributed by atoms with Crippen molar-refractivity contribution in [3.63, 3.8) is 0 Å². The van der Waals surface area contributed by atoms with E-state index in [4.69, 9.17) is 12.2 Å². The molecule has 0 saturated heterocycles. The predicted molar refractivity (Wildman–Crippen MR) is 110 cm³/mol. The Balaban J connectivity index is 2.13. The van der Waals surface area contributed by atoms with E-state index in [0.29, 0.717) is 24.5 Å². The maximum Gasteiger partial charge on any atom is 0.163 e. The summed E-state index contributed by atoms with van der Waals surface area (Å²) in [5.74, 6) is 6.76. The molecule has 0 bridgehead atoms. The van der Waals surface area contributed by atoms with Crippen molar-refractivity contribution in [2.24, 2.45) is 23.5 Å². The molecule has 2 N–H and O–H groups in total. The first-order chi connectivity index (χ1) is 11.5. The van der Waals surface area contributed by atoms with Crippen LogP contribution in [0.2, 0.25) is 25.8 Å². The second kappa shape index (κ2) is 8.82. The maximum atomic E-state index is 6.19. The van der Waals surface area contributed by atoms with Gasteiger partial charge in [-0.3, -0.25) is 0 Å². The summed E-state index contributed by atoms with van der Waals surface area (Å²) in [6.07, 6.45) is 16.1. The van der Waals surface area contributed by atoms with Crippen LogP contribution in [0.5, 0.6) is 0 Å². The van der Waals surface area contributed by atoms with Gasteiger partial charge in [0.15, 0.2) is 6.71 Å². The molecule has 1 nitrogen and oxygen atoms in total. The first-order valence-electron chi connectivity index (χ1n) is 9.57. The standard InChI is InChI=1S/C21H32B2N/c1-6-17(20-10-16(4)21(24)11-15(20)3)12-19-14-22-13-18(19)8-9-23(5)7-2/h1,8-9,11,16-17,20-21H,7,10,12-14,24H2,2-5H3/b9-8+. The van der Waals surface area contributed by atoms with Gasteiger partial charge in [-0.1, -0.05) is 68.5 Å². The van der Waals surface area contributed by atoms with Gasteiger partial charge in [-0.2, -0.15) is 0 Å². The van der Waals surface area contributed by atoms with E-state index in [1.54, 1.807) is 5.57 Å². The SMILES string of the molecule is C#CC(CC1=C(/C=C/B(C)CC)C[B]C1)C1CC(C)C(N)C=C1C. The van der Waals surface area contributed by atoms with E-state index in [2.05, 4.69) is 58.9 Å². The Hall–Kier alpha value is -1.13. The molecule has 1 aliphatic heterocycles. The number of terminal acetylenes is 1. The van der Waals surface area contributed by atoms with Gasteiger partial charge in [-0.15, -0.1) is 18.3 Å². The molecule has 1 heterocycles. The summed E-state index contributed by atoms with van der Waals surface area (Å²) in [5, 5.41) is 0. The topological polar surface area (TPSA) is 26.0 Å². The third-order valence-electron chi connectivity index (χ3n) is 5.97. The Kier molecular flexibility index (Phi) is 7.05. The molecule has 0 aromatic rings. The van der Waals surface area contributed by atoms with Crippen LogP contribution >= 0.6 is 0 Å². The van der Waals surface area contributed by atoms with E-state index in [-0.39, 0.29) is 6.04 Å². The molecule has 0 aromatic carbocycles. The molecular formula is C21H32B2N. The Labute approximate surface area is 150 Å². The van der Waals surface area contributed by atoms with Crippen molar-refractivity contribution in [3.05, 3.63) is 34.8 Å². The average molecular weight is 320 g/mol. The molecule has 0 saturated carbocycles. The zero-order valence-corrected chi connectivity index (χ0v) is 15.9. The molecule has 1 radical (unpaired) electrons. The number of allylic oxidation sites excluding steroid dienone is 4. The summed E-state index contributed by atoms with van der Waals surface area (Å²) in [6.45, 7) is 9.62. The van der Waals surface area contributed by atoms with Crippen molar-refractivity contribution < 1.29 is 0 Å². The maximum absolute atomic E-state index is 6.19. The van der Waals surface area contributed by atoms with Crippen molar-refractivity contribution >= 4 is 14.0 Å². The first-order valence-corrected chi connectivity index (χ1v) is 9.57. The second-order valence-electron chi connectivity index (χ2n) is 7.86. The van der Waals surface area contributed by atoms with Crippen LogP contribution < -0.4 is 5.73 Å². The fourth-order valence-corrected chi connectivity index (χ4v) is 3.89. The predicted octanol–water partition coefficient (Wildman–Crippen LogP) is 4.65. The largest absolute Gasteiger partial charge is 0.324 e. The lowest BCUT2D eigenvalue weighted by Gasteiger charge is -2.34. The lowest BCUT2D eigenvalue weighted by Crippen LogP contribution is -2.34. The monoisotopic (exact) mass is 320 g/mol. The Morgan fingerprint density at radius 2 is 2.25 bits per heavy atom. The fourth-order valence-electron chi connectivity index (χ4n) is 3.89. The minimum atomic E-state index is 0.188. The summed E-state index contributed by atoms with van der Waals surface area (Å²) in [5.41, 5.74) is 10.6. The summed E-state index contributed by atoms with van der Waals surface area (Å²) in [6, 6.07) is 0.188. The van der Waals surface area contributed by atoms with Gasteiger partial charge in [0.1, 0.15) is 7.28 Å². The molecule has 0 aromatic heterocycles. The van der Waals surface area contributed by atoms with Crippen molar-refractivity contribution in [2.75, 3.05) is 0 Å². The molecule has 4 atom stereocenters. The minimum absolute atomic E-state index is 0.188. The van der Waals surface area contributed by atoms with E-state index in [0.717, 1.165) is 25.5 Å². The van der Waals surface area contributed by atoms with Crippen LogP contribution in [0.4, 0.5) is 0 Å². The Morgan fingerprint density at radius 3 is 2.92 bits per heavy atom. The number of nitrogens with two attached hydrogens (primary N) is 1. The minimum Gasteiger partial charge on any atom is -0.324 e. The second-order valence-corrected chi connectivity index (χ2v) is 7.86. The van der Waals surface area contributed by atoms with E-state index >= 15 is 0 Å². The van der Waals surface area contributed by atoms with Gasteiger partial charge in [0.2, 0.25) is 0 Å². The van der Waals surface area contributed by atoms with Crippen LogP contribution in [0.25, 0.3) is 0 Å². The molecule has 1 aliphatic carbocycles. The molecule has 3 heteroatoms. The number of rotatable bonds is 6. The van der Waals surface area contributed by atoms with Crippen LogP contribution in [-0.4, -0.2) is 20.0 Å². The Morgan fingerprint density at radius 1 is 1.50 bits per heavy atom. The molecule has 0 fully saturated rings. The molecule has 4 unspecified atom stereocenters. The van der Waals surface area contributed by atoms with Crippen molar-refractivity contribution in [1.29, 1.82) is 0 Å². The van der Waals surface area contributed by atoms with Gasteiger partial charge in [0.25, 0.3) is 0 Å². The van der Waals surface area contributed by atoms with Crippen molar-refractivity contribution in [3.8, 4) is 12.3 Å². The van der Waals surface area contributed by atoms with E-state index in [1.165, 1.54) is 17.5 Å². The highest BCUT2D eigenvalue weighted by atomic mass is 14.6. The molecule has 0 amide bonds. The summed E-state index contributed by atoms with van der Waals surface area (Å²) in [4.78, 5) is 0. The zero-order chi connectivity index (χ0) is 17.7. The van der Waals surface area contributed by atoms with Crippen LogP contribution in [0.1, 0.15) is 33.6 Å². The highest BCUT2D eigenvalue weighted by Crippen LogP contribution is 2.38. The summed E-state index contributed by atoms with van der Waals surface area (Å²) in [7, 11) is 2.39. The van der Waals surface area contributed by atoms with Crippen molar-refractivity contribution in [2.45, 2.75) is 65.4 Å². The summed E-state index contributed by atoms with van der Waals surface area (Å²) >= 11 is 0. The average Bonchev–Trinajstić information content (AvgIpc) is 3.01. The first kappa shape index (κ1) is 19.2. The van der Waals surface area contributed by atoms with Gasteiger partial charge in [-0.25, -0.2) is 0 Å². The highest BCUT2D eigenvalue weighted by Gasteiger charge is 2.30. The molecule has 127 valence electrons. The van der Waals surface area contributed by atoms with Crippen LogP contribution in [0.3, 0.4) is 0 Å². The lowest BCUT2D eigenvalue weighted by molar-refractivity contribution is 0.321. The quantitative estimate of drug-likeness (QED) is 0.430.